The minimum absolute atomic E-state index is 0.117. The lowest BCUT2D eigenvalue weighted by molar-refractivity contribution is 0.0950. The van der Waals surface area contributed by atoms with Crippen LogP contribution in [0.5, 0.6) is 0 Å². The molecule has 0 radical (unpaired) electrons. The van der Waals surface area contributed by atoms with Crippen molar-refractivity contribution in [3.8, 4) is 11.1 Å². The lowest BCUT2D eigenvalue weighted by Crippen LogP contribution is -2.25. The van der Waals surface area contributed by atoms with Crippen LogP contribution in [0.25, 0.3) is 11.1 Å². The minimum atomic E-state index is -0.518. The van der Waals surface area contributed by atoms with Gasteiger partial charge in [0.15, 0.2) is 0 Å². The first kappa shape index (κ1) is 18.9. The highest BCUT2D eigenvalue weighted by Gasteiger charge is 2.19. The van der Waals surface area contributed by atoms with Crippen LogP contribution in [0, 0.1) is 6.92 Å². The van der Waals surface area contributed by atoms with Crippen molar-refractivity contribution in [1.29, 1.82) is 0 Å². The van der Waals surface area contributed by atoms with Crippen molar-refractivity contribution in [3.63, 3.8) is 0 Å². The van der Waals surface area contributed by atoms with Gasteiger partial charge in [-0.1, -0.05) is 78.4 Å². The molecular formula is C24H25NO2. The molecule has 3 aromatic rings. The number of aryl methyl sites for hydroxylation is 1. The van der Waals surface area contributed by atoms with Gasteiger partial charge in [-0.2, -0.15) is 0 Å². The van der Waals surface area contributed by atoms with Crippen LogP contribution in [-0.2, 0) is 13.0 Å². The fourth-order valence-electron chi connectivity index (χ4n) is 3.32. The SMILES string of the molecule is Cc1cc(CC(C)O)c(C(=O)NCc2ccccc2)c(-c2ccccc2)c1. The van der Waals surface area contributed by atoms with E-state index < -0.39 is 6.10 Å². The lowest BCUT2D eigenvalue weighted by atomic mass is 9.90. The second kappa shape index (κ2) is 8.65. The Morgan fingerprint density at radius 2 is 1.63 bits per heavy atom. The van der Waals surface area contributed by atoms with Crippen molar-refractivity contribution in [2.24, 2.45) is 0 Å². The fourth-order valence-corrected chi connectivity index (χ4v) is 3.32. The Bertz CT molecular complexity index is 902. The molecule has 0 aliphatic heterocycles. The van der Waals surface area contributed by atoms with E-state index in [1.807, 2.05) is 79.7 Å². The Balaban J connectivity index is 2.00. The first-order chi connectivity index (χ1) is 13.0. The van der Waals surface area contributed by atoms with Crippen molar-refractivity contribution < 1.29 is 9.90 Å². The van der Waals surface area contributed by atoms with Crippen LogP contribution in [0.15, 0.2) is 72.8 Å². The standard InChI is InChI=1S/C24H25NO2/c1-17-13-21(15-18(2)26)23(22(14-17)20-11-7-4-8-12-20)24(27)25-16-19-9-5-3-6-10-19/h3-14,18,26H,15-16H2,1-2H3,(H,25,27). The van der Waals surface area contributed by atoms with Crippen LogP contribution >= 0.6 is 0 Å². The summed E-state index contributed by atoms with van der Waals surface area (Å²) in [4.78, 5) is 13.1. The Hall–Kier alpha value is -2.91. The van der Waals surface area contributed by atoms with Gasteiger partial charge in [-0.25, -0.2) is 0 Å². The van der Waals surface area contributed by atoms with E-state index in [1.54, 1.807) is 6.92 Å². The monoisotopic (exact) mass is 359 g/mol. The zero-order chi connectivity index (χ0) is 19.2. The van der Waals surface area contributed by atoms with Crippen molar-refractivity contribution in [1.82, 2.24) is 5.32 Å². The van der Waals surface area contributed by atoms with Crippen molar-refractivity contribution >= 4 is 5.91 Å². The van der Waals surface area contributed by atoms with Gasteiger partial charge in [0.2, 0.25) is 0 Å². The van der Waals surface area contributed by atoms with Crippen LogP contribution in [0.4, 0.5) is 0 Å². The second-order valence-electron chi connectivity index (χ2n) is 6.93. The molecule has 0 heterocycles. The quantitative estimate of drug-likeness (QED) is 0.680. The maximum Gasteiger partial charge on any atom is 0.252 e. The molecular weight excluding hydrogens is 334 g/mol. The molecule has 0 bridgehead atoms. The minimum Gasteiger partial charge on any atom is -0.393 e. The highest BCUT2D eigenvalue weighted by atomic mass is 16.3. The summed E-state index contributed by atoms with van der Waals surface area (Å²) in [6.07, 6.45) is -0.0774. The van der Waals surface area contributed by atoms with Crippen LogP contribution in [0.2, 0.25) is 0 Å². The smallest absolute Gasteiger partial charge is 0.252 e. The van der Waals surface area contributed by atoms with E-state index >= 15 is 0 Å². The zero-order valence-electron chi connectivity index (χ0n) is 15.8. The molecule has 0 aliphatic carbocycles. The zero-order valence-corrected chi connectivity index (χ0v) is 15.8. The summed E-state index contributed by atoms with van der Waals surface area (Å²) in [5.41, 5.74) is 5.54. The number of benzene rings is 3. The summed E-state index contributed by atoms with van der Waals surface area (Å²) < 4.78 is 0. The highest BCUT2D eigenvalue weighted by Crippen LogP contribution is 2.29. The molecule has 1 amide bonds. The second-order valence-corrected chi connectivity index (χ2v) is 6.93. The van der Waals surface area contributed by atoms with Gasteiger partial charge in [-0.15, -0.1) is 0 Å². The largest absolute Gasteiger partial charge is 0.393 e. The first-order valence-corrected chi connectivity index (χ1v) is 9.23. The molecule has 2 N–H and O–H groups in total. The van der Waals surface area contributed by atoms with E-state index in [0.717, 1.165) is 27.8 Å². The number of carbonyl (C=O) groups is 1. The molecule has 3 heteroatoms. The number of hydrogen-bond donors (Lipinski definition) is 2. The molecule has 0 saturated carbocycles. The summed E-state index contributed by atoms with van der Waals surface area (Å²) in [5, 5.41) is 13.0. The lowest BCUT2D eigenvalue weighted by Gasteiger charge is -2.18. The molecule has 0 aromatic heterocycles. The Kier molecular flexibility index (Phi) is 6.05. The number of aliphatic hydroxyl groups excluding tert-OH is 1. The summed E-state index contributed by atoms with van der Waals surface area (Å²) >= 11 is 0. The van der Waals surface area contributed by atoms with E-state index in [2.05, 4.69) is 5.32 Å². The van der Waals surface area contributed by atoms with Gasteiger partial charge in [0.25, 0.3) is 5.91 Å². The van der Waals surface area contributed by atoms with E-state index in [0.29, 0.717) is 18.5 Å². The van der Waals surface area contributed by atoms with Crippen molar-refractivity contribution in [2.75, 3.05) is 0 Å². The van der Waals surface area contributed by atoms with Gasteiger partial charge in [0.1, 0.15) is 0 Å². The molecule has 3 nitrogen and oxygen atoms in total. The molecule has 1 unspecified atom stereocenters. The fraction of sp³-hybridized carbons (Fsp3) is 0.208. The number of aliphatic hydroxyl groups is 1. The predicted molar refractivity (Wildman–Crippen MR) is 110 cm³/mol. The summed E-state index contributed by atoms with van der Waals surface area (Å²) in [6.45, 7) is 4.23. The average molecular weight is 359 g/mol. The van der Waals surface area contributed by atoms with Gasteiger partial charge in [-0.05, 0) is 42.5 Å². The highest BCUT2D eigenvalue weighted by molar-refractivity contribution is 6.02. The molecule has 0 fully saturated rings. The van der Waals surface area contributed by atoms with Gasteiger partial charge in [0.05, 0.1) is 11.7 Å². The Labute approximate surface area is 160 Å². The predicted octanol–water partition coefficient (Wildman–Crippen LogP) is 4.52. The molecule has 0 saturated heterocycles. The summed E-state index contributed by atoms with van der Waals surface area (Å²) in [6, 6.07) is 23.8. The van der Waals surface area contributed by atoms with Gasteiger partial charge in [0, 0.05) is 6.54 Å². The van der Waals surface area contributed by atoms with Crippen LogP contribution in [0.1, 0.15) is 34.0 Å². The van der Waals surface area contributed by atoms with Gasteiger partial charge in [-0.3, -0.25) is 4.79 Å². The van der Waals surface area contributed by atoms with Crippen molar-refractivity contribution in [3.05, 3.63) is 95.1 Å². The molecule has 0 aliphatic rings. The van der Waals surface area contributed by atoms with E-state index in [4.69, 9.17) is 0 Å². The normalized spacial score (nSPS) is 11.8. The van der Waals surface area contributed by atoms with Gasteiger partial charge < -0.3 is 10.4 Å². The number of nitrogens with one attached hydrogen (secondary N) is 1. The maximum atomic E-state index is 13.1. The molecule has 3 aromatic carbocycles. The number of hydrogen-bond acceptors (Lipinski definition) is 2. The van der Waals surface area contributed by atoms with Crippen LogP contribution in [-0.4, -0.2) is 17.1 Å². The average Bonchev–Trinajstić information content (AvgIpc) is 2.66. The Morgan fingerprint density at radius 3 is 2.26 bits per heavy atom. The van der Waals surface area contributed by atoms with Crippen LogP contribution < -0.4 is 5.32 Å². The van der Waals surface area contributed by atoms with E-state index in [1.165, 1.54) is 0 Å². The number of carbonyl (C=O) groups excluding carboxylic acids is 1. The summed E-state index contributed by atoms with van der Waals surface area (Å²) in [5.74, 6) is -0.117. The molecule has 0 spiro atoms. The number of amides is 1. The third-order valence-corrected chi connectivity index (χ3v) is 4.49. The van der Waals surface area contributed by atoms with E-state index in [9.17, 15) is 9.90 Å². The molecule has 1 atom stereocenters. The Morgan fingerprint density at radius 1 is 1.00 bits per heavy atom. The topological polar surface area (TPSA) is 49.3 Å². The number of rotatable bonds is 6. The third kappa shape index (κ3) is 4.83. The third-order valence-electron chi connectivity index (χ3n) is 4.49. The first-order valence-electron chi connectivity index (χ1n) is 9.23. The molecule has 3 rings (SSSR count). The maximum absolute atomic E-state index is 13.1. The summed E-state index contributed by atoms with van der Waals surface area (Å²) in [7, 11) is 0. The van der Waals surface area contributed by atoms with Crippen molar-refractivity contribution in [2.45, 2.75) is 32.9 Å². The van der Waals surface area contributed by atoms with Crippen LogP contribution in [0.3, 0.4) is 0 Å². The molecule has 27 heavy (non-hydrogen) atoms. The van der Waals surface area contributed by atoms with Gasteiger partial charge >= 0.3 is 0 Å². The van der Waals surface area contributed by atoms with E-state index in [-0.39, 0.29) is 5.91 Å². The molecule has 138 valence electrons.